The van der Waals surface area contributed by atoms with E-state index in [0.717, 1.165) is 0 Å². The summed E-state index contributed by atoms with van der Waals surface area (Å²) >= 11 is 0. The summed E-state index contributed by atoms with van der Waals surface area (Å²) < 4.78 is 0. The number of anilines is 1. The molecule has 0 aromatic heterocycles. The first-order valence-electron chi connectivity index (χ1n) is 9.18. The number of hydrogen-bond donors (Lipinski definition) is 1. The smallest absolute Gasteiger partial charge is 0.236 e. The number of benzene rings is 3. The molecule has 0 bridgehead atoms. The van der Waals surface area contributed by atoms with Gasteiger partial charge in [-0.25, -0.2) is 0 Å². The number of ketones is 1. The number of para-hydroxylation sites is 1. The molecule has 3 rings (SSSR count). The predicted molar refractivity (Wildman–Crippen MR) is 110 cm³/mol. The van der Waals surface area contributed by atoms with E-state index in [4.69, 9.17) is 0 Å². The zero-order valence-electron chi connectivity index (χ0n) is 15.6. The van der Waals surface area contributed by atoms with Crippen LogP contribution in [0.1, 0.15) is 21.8 Å². The first kappa shape index (κ1) is 19.9. The molecule has 29 heavy (non-hydrogen) atoms. The molecule has 2 unspecified atom stereocenters. The molecule has 0 radical (unpaired) electrons. The van der Waals surface area contributed by atoms with Gasteiger partial charge in [-0.1, -0.05) is 78.9 Å². The highest BCUT2D eigenvalue weighted by molar-refractivity contribution is 6.14. The Hall–Kier alpha value is -3.80. The number of nitro groups is 1. The second kappa shape index (κ2) is 9.41. The second-order valence-corrected chi connectivity index (χ2v) is 6.60. The first-order chi connectivity index (χ1) is 14.1. The number of carbonyl (C=O) groups is 2. The summed E-state index contributed by atoms with van der Waals surface area (Å²) in [4.78, 5) is 37.4. The van der Waals surface area contributed by atoms with Crippen molar-refractivity contribution in [2.24, 2.45) is 5.92 Å². The van der Waals surface area contributed by atoms with Crippen LogP contribution in [0, 0.1) is 16.0 Å². The molecular weight excluding hydrogens is 368 g/mol. The number of amides is 1. The van der Waals surface area contributed by atoms with E-state index in [1.165, 1.54) is 0 Å². The molecule has 3 aromatic rings. The van der Waals surface area contributed by atoms with Crippen molar-refractivity contribution in [1.29, 1.82) is 0 Å². The van der Waals surface area contributed by atoms with Crippen molar-refractivity contribution in [2.75, 3.05) is 11.9 Å². The molecule has 146 valence electrons. The Bertz CT molecular complexity index is 976. The van der Waals surface area contributed by atoms with Gasteiger partial charge < -0.3 is 5.32 Å². The fourth-order valence-electron chi connectivity index (χ4n) is 3.27. The van der Waals surface area contributed by atoms with Crippen LogP contribution in [0.2, 0.25) is 0 Å². The van der Waals surface area contributed by atoms with E-state index in [1.807, 2.05) is 6.07 Å². The number of Topliss-reactive ketones (excluding diaryl/α,β-unsaturated/α-hetero) is 1. The molecular formula is C23H20N2O4. The lowest BCUT2D eigenvalue weighted by molar-refractivity contribution is -0.484. The average Bonchev–Trinajstić information content (AvgIpc) is 2.75. The maximum absolute atomic E-state index is 13.3. The summed E-state index contributed by atoms with van der Waals surface area (Å²) in [7, 11) is 0. The molecule has 0 fully saturated rings. The fourth-order valence-corrected chi connectivity index (χ4v) is 3.27. The SMILES string of the molecule is O=C(Nc1ccccc1)C(C(=O)c1ccccc1)C(C[N+](=O)[O-])c1ccccc1. The van der Waals surface area contributed by atoms with Gasteiger partial charge in [0.2, 0.25) is 12.5 Å². The first-order valence-corrected chi connectivity index (χ1v) is 9.18. The third-order valence-electron chi connectivity index (χ3n) is 4.64. The zero-order chi connectivity index (χ0) is 20.6. The normalized spacial score (nSPS) is 12.6. The molecule has 0 saturated carbocycles. The Morgan fingerprint density at radius 1 is 0.828 bits per heavy atom. The molecule has 0 aliphatic heterocycles. The van der Waals surface area contributed by atoms with Crippen molar-refractivity contribution in [1.82, 2.24) is 0 Å². The van der Waals surface area contributed by atoms with E-state index in [-0.39, 0.29) is 0 Å². The lowest BCUT2D eigenvalue weighted by atomic mass is 9.80. The lowest BCUT2D eigenvalue weighted by Gasteiger charge is -2.23. The summed E-state index contributed by atoms with van der Waals surface area (Å²) in [6.07, 6.45) is 0. The van der Waals surface area contributed by atoms with Gasteiger partial charge in [0.15, 0.2) is 5.78 Å². The van der Waals surface area contributed by atoms with Crippen LogP contribution in [0.5, 0.6) is 0 Å². The van der Waals surface area contributed by atoms with Gasteiger partial charge in [-0.15, -0.1) is 0 Å². The van der Waals surface area contributed by atoms with Gasteiger partial charge in [-0.3, -0.25) is 19.7 Å². The number of nitrogens with one attached hydrogen (secondary N) is 1. The standard InChI is InChI=1S/C23H20N2O4/c26-22(18-12-6-2-7-13-18)21(23(27)24-19-14-8-3-9-15-19)20(16-25(28)29)17-10-4-1-5-11-17/h1-15,20-21H,16H2,(H,24,27). The van der Waals surface area contributed by atoms with Crippen molar-refractivity contribution in [2.45, 2.75) is 5.92 Å². The Labute approximate surface area is 168 Å². The minimum Gasteiger partial charge on any atom is -0.325 e. The van der Waals surface area contributed by atoms with Crippen molar-refractivity contribution < 1.29 is 14.5 Å². The molecule has 0 aliphatic rings. The van der Waals surface area contributed by atoms with Crippen LogP contribution >= 0.6 is 0 Å². The van der Waals surface area contributed by atoms with Crippen molar-refractivity contribution >= 4 is 17.4 Å². The minimum absolute atomic E-state index is 0.338. The number of carbonyl (C=O) groups excluding carboxylic acids is 2. The van der Waals surface area contributed by atoms with Crippen molar-refractivity contribution in [3.05, 3.63) is 112 Å². The van der Waals surface area contributed by atoms with Gasteiger partial charge in [0.05, 0.1) is 5.92 Å². The highest BCUT2D eigenvalue weighted by Crippen LogP contribution is 2.29. The summed E-state index contributed by atoms with van der Waals surface area (Å²) in [5.41, 5.74) is 1.43. The molecule has 6 heteroatoms. The van der Waals surface area contributed by atoms with Gasteiger partial charge in [0.1, 0.15) is 5.92 Å². The molecule has 1 amide bonds. The molecule has 1 N–H and O–H groups in total. The molecule has 6 nitrogen and oxygen atoms in total. The third-order valence-corrected chi connectivity index (χ3v) is 4.64. The molecule has 0 spiro atoms. The van der Waals surface area contributed by atoms with Crippen LogP contribution in [0.4, 0.5) is 5.69 Å². The van der Waals surface area contributed by atoms with Crippen LogP contribution in [-0.2, 0) is 4.79 Å². The minimum atomic E-state index is -1.24. The highest BCUT2D eigenvalue weighted by atomic mass is 16.6. The van der Waals surface area contributed by atoms with Crippen LogP contribution < -0.4 is 5.32 Å². The summed E-state index contributed by atoms with van der Waals surface area (Å²) in [5.74, 6) is -3.16. The summed E-state index contributed by atoms with van der Waals surface area (Å²) in [5, 5.41) is 14.1. The number of hydrogen-bond acceptors (Lipinski definition) is 4. The second-order valence-electron chi connectivity index (χ2n) is 6.60. The van der Waals surface area contributed by atoms with E-state index >= 15 is 0 Å². The maximum Gasteiger partial charge on any atom is 0.236 e. The Morgan fingerprint density at radius 2 is 1.34 bits per heavy atom. The number of nitrogens with zero attached hydrogens (tertiary/aromatic N) is 1. The van der Waals surface area contributed by atoms with Gasteiger partial charge in [0.25, 0.3) is 0 Å². The molecule has 0 aliphatic carbocycles. The molecule has 3 aromatic carbocycles. The van der Waals surface area contributed by atoms with Crippen molar-refractivity contribution in [3.8, 4) is 0 Å². The van der Waals surface area contributed by atoms with Crippen LogP contribution in [-0.4, -0.2) is 23.2 Å². The third kappa shape index (κ3) is 5.13. The van der Waals surface area contributed by atoms with Gasteiger partial charge in [-0.2, -0.15) is 0 Å². The molecule has 0 heterocycles. The Morgan fingerprint density at radius 3 is 1.90 bits per heavy atom. The van der Waals surface area contributed by atoms with E-state index in [2.05, 4.69) is 5.32 Å². The number of rotatable bonds is 8. The van der Waals surface area contributed by atoms with Gasteiger partial charge in [0, 0.05) is 16.2 Å². The largest absolute Gasteiger partial charge is 0.325 e. The van der Waals surface area contributed by atoms with Crippen LogP contribution in [0.25, 0.3) is 0 Å². The predicted octanol–water partition coefficient (Wildman–Crippen LogP) is 4.18. The van der Waals surface area contributed by atoms with E-state index in [9.17, 15) is 19.7 Å². The molecule has 0 saturated heterocycles. The summed E-state index contributed by atoms with van der Waals surface area (Å²) in [6, 6.07) is 25.8. The van der Waals surface area contributed by atoms with Crippen molar-refractivity contribution in [3.63, 3.8) is 0 Å². The zero-order valence-corrected chi connectivity index (χ0v) is 15.6. The van der Waals surface area contributed by atoms with Gasteiger partial charge >= 0.3 is 0 Å². The average molecular weight is 388 g/mol. The van der Waals surface area contributed by atoms with Gasteiger partial charge in [-0.05, 0) is 17.7 Å². The highest BCUT2D eigenvalue weighted by Gasteiger charge is 2.39. The van der Waals surface area contributed by atoms with E-state index in [1.54, 1.807) is 84.9 Å². The summed E-state index contributed by atoms with van der Waals surface area (Å²) in [6.45, 7) is -0.532. The quantitative estimate of drug-likeness (QED) is 0.271. The lowest BCUT2D eigenvalue weighted by Crippen LogP contribution is -2.37. The van der Waals surface area contributed by atoms with E-state index in [0.29, 0.717) is 16.8 Å². The van der Waals surface area contributed by atoms with Crippen LogP contribution in [0.3, 0.4) is 0 Å². The Balaban J connectivity index is 2.03. The topological polar surface area (TPSA) is 89.3 Å². The Kier molecular flexibility index (Phi) is 6.47. The van der Waals surface area contributed by atoms with Crippen LogP contribution in [0.15, 0.2) is 91.0 Å². The monoisotopic (exact) mass is 388 g/mol. The van der Waals surface area contributed by atoms with E-state index < -0.39 is 35.0 Å². The molecule has 2 atom stereocenters. The fraction of sp³-hybridized carbons (Fsp3) is 0.130. The maximum atomic E-state index is 13.3.